The third-order valence-electron chi connectivity index (χ3n) is 5.21. The van der Waals surface area contributed by atoms with E-state index in [-0.39, 0.29) is 17.7 Å². The van der Waals surface area contributed by atoms with Crippen molar-refractivity contribution in [2.24, 2.45) is 5.92 Å². The van der Waals surface area contributed by atoms with Gasteiger partial charge in [-0.05, 0) is 55.0 Å². The first kappa shape index (κ1) is 19.5. The Morgan fingerprint density at radius 1 is 1.19 bits per heavy atom. The van der Waals surface area contributed by atoms with Crippen LogP contribution in [-0.2, 0) is 17.6 Å². The van der Waals surface area contributed by atoms with Gasteiger partial charge in [0.05, 0.1) is 6.26 Å². The molecule has 1 aromatic heterocycles. The van der Waals surface area contributed by atoms with Gasteiger partial charge in [0.1, 0.15) is 0 Å². The molecule has 1 fully saturated rings. The first-order valence-corrected chi connectivity index (χ1v) is 9.86. The number of nitrogens with one attached hydrogen (secondary N) is 1. The zero-order valence-corrected chi connectivity index (χ0v) is 16.5. The number of hydrogen-bond donors (Lipinski definition) is 1. The summed E-state index contributed by atoms with van der Waals surface area (Å²) in [6.07, 6.45) is 4.37. The number of benzene rings is 1. The third-order valence-corrected chi connectivity index (χ3v) is 5.56. The number of aryl methyl sites for hydroxylation is 1. The van der Waals surface area contributed by atoms with E-state index >= 15 is 0 Å². The van der Waals surface area contributed by atoms with Crippen LogP contribution in [0.25, 0.3) is 0 Å². The molecule has 1 saturated heterocycles. The van der Waals surface area contributed by atoms with E-state index in [1.54, 1.807) is 17.0 Å². The van der Waals surface area contributed by atoms with E-state index < -0.39 is 0 Å². The lowest BCUT2D eigenvalue weighted by Crippen LogP contribution is -2.41. The van der Waals surface area contributed by atoms with Crippen molar-refractivity contribution in [3.63, 3.8) is 0 Å². The topological polar surface area (TPSA) is 62.6 Å². The Labute approximate surface area is 164 Å². The van der Waals surface area contributed by atoms with Crippen molar-refractivity contribution < 1.29 is 14.0 Å². The number of carbonyl (C=O) groups excluding carboxylic acids is 2. The Morgan fingerprint density at radius 3 is 2.52 bits per heavy atom. The SMILES string of the molecule is CCc1ccc(Cl)c(CC)c1NC(=O)C1CCN(C(=O)c2ccco2)CC1. The predicted octanol–water partition coefficient (Wildman–Crippen LogP) is 4.55. The second kappa shape index (κ2) is 8.61. The van der Waals surface area contributed by atoms with Gasteiger partial charge >= 0.3 is 0 Å². The van der Waals surface area contributed by atoms with Crippen LogP contribution in [0.3, 0.4) is 0 Å². The number of carbonyl (C=O) groups is 2. The molecule has 0 aliphatic carbocycles. The van der Waals surface area contributed by atoms with Crippen LogP contribution < -0.4 is 5.32 Å². The van der Waals surface area contributed by atoms with Gasteiger partial charge in [0, 0.05) is 29.7 Å². The quantitative estimate of drug-likeness (QED) is 0.817. The average molecular weight is 389 g/mol. The lowest BCUT2D eigenvalue weighted by molar-refractivity contribution is -0.121. The summed E-state index contributed by atoms with van der Waals surface area (Å²) in [5.74, 6) is 0.123. The summed E-state index contributed by atoms with van der Waals surface area (Å²) in [5, 5.41) is 3.80. The number of rotatable bonds is 5. The van der Waals surface area contributed by atoms with Crippen LogP contribution in [-0.4, -0.2) is 29.8 Å². The highest BCUT2D eigenvalue weighted by molar-refractivity contribution is 6.32. The van der Waals surface area contributed by atoms with E-state index in [0.29, 0.717) is 36.7 Å². The molecule has 1 aliphatic heterocycles. The molecule has 5 nitrogen and oxygen atoms in total. The van der Waals surface area contributed by atoms with Crippen molar-refractivity contribution in [1.29, 1.82) is 0 Å². The summed E-state index contributed by atoms with van der Waals surface area (Å²) in [6.45, 7) is 5.20. The van der Waals surface area contributed by atoms with Crippen LogP contribution in [0.2, 0.25) is 5.02 Å². The molecule has 1 aliphatic rings. The molecule has 0 radical (unpaired) electrons. The first-order valence-electron chi connectivity index (χ1n) is 9.49. The highest BCUT2D eigenvalue weighted by atomic mass is 35.5. The van der Waals surface area contributed by atoms with Crippen molar-refractivity contribution >= 4 is 29.1 Å². The monoisotopic (exact) mass is 388 g/mol. The van der Waals surface area contributed by atoms with Crippen molar-refractivity contribution in [1.82, 2.24) is 4.90 Å². The molecule has 27 heavy (non-hydrogen) atoms. The van der Waals surface area contributed by atoms with Gasteiger partial charge in [-0.25, -0.2) is 0 Å². The molecule has 0 atom stereocenters. The second-order valence-electron chi connectivity index (χ2n) is 6.80. The lowest BCUT2D eigenvalue weighted by atomic mass is 9.94. The normalized spacial score (nSPS) is 15.0. The maximum absolute atomic E-state index is 12.8. The zero-order valence-electron chi connectivity index (χ0n) is 15.8. The van der Waals surface area contributed by atoms with Gasteiger partial charge in [-0.2, -0.15) is 0 Å². The smallest absolute Gasteiger partial charge is 0.289 e. The number of anilines is 1. The number of likely N-dealkylation sites (tertiary alicyclic amines) is 1. The van der Waals surface area contributed by atoms with Gasteiger partial charge < -0.3 is 14.6 Å². The number of nitrogens with zero attached hydrogens (tertiary/aromatic N) is 1. The Bertz CT molecular complexity index is 809. The fraction of sp³-hybridized carbons (Fsp3) is 0.429. The zero-order chi connectivity index (χ0) is 19.4. The Kier molecular flexibility index (Phi) is 6.22. The minimum Gasteiger partial charge on any atom is -0.459 e. The Balaban J connectivity index is 1.65. The summed E-state index contributed by atoms with van der Waals surface area (Å²) in [6, 6.07) is 7.24. The van der Waals surface area contributed by atoms with E-state index in [1.165, 1.54) is 6.26 Å². The summed E-state index contributed by atoms with van der Waals surface area (Å²) < 4.78 is 5.18. The van der Waals surface area contributed by atoms with Gasteiger partial charge in [-0.1, -0.05) is 31.5 Å². The van der Waals surface area contributed by atoms with E-state index in [4.69, 9.17) is 16.0 Å². The van der Waals surface area contributed by atoms with Gasteiger partial charge in [-0.3, -0.25) is 9.59 Å². The molecule has 2 heterocycles. The Morgan fingerprint density at radius 2 is 1.93 bits per heavy atom. The minimum absolute atomic E-state index is 0.00626. The molecule has 0 saturated carbocycles. The first-order chi connectivity index (χ1) is 13.0. The van der Waals surface area contributed by atoms with Gasteiger partial charge in [0.15, 0.2) is 5.76 Å². The van der Waals surface area contributed by atoms with Crippen molar-refractivity contribution in [2.75, 3.05) is 18.4 Å². The predicted molar refractivity (Wildman–Crippen MR) is 106 cm³/mol. The van der Waals surface area contributed by atoms with Crippen molar-refractivity contribution in [3.05, 3.63) is 52.4 Å². The minimum atomic E-state index is -0.116. The van der Waals surface area contributed by atoms with Crippen LogP contribution in [0, 0.1) is 5.92 Å². The summed E-state index contributed by atoms with van der Waals surface area (Å²) in [7, 11) is 0. The number of piperidine rings is 1. The van der Waals surface area contributed by atoms with Crippen LogP contribution in [0.4, 0.5) is 5.69 Å². The number of hydrogen-bond acceptors (Lipinski definition) is 3. The molecule has 1 aromatic carbocycles. The maximum Gasteiger partial charge on any atom is 0.289 e. The molecule has 2 aromatic rings. The maximum atomic E-state index is 12.8. The number of amides is 2. The fourth-order valence-electron chi connectivity index (χ4n) is 3.59. The van der Waals surface area contributed by atoms with Crippen molar-refractivity contribution in [3.8, 4) is 0 Å². The van der Waals surface area contributed by atoms with Crippen LogP contribution >= 0.6 is 11.6 Å². The van der Waals surface area contributed by atoms with Crippen LogP contribution in [0.5, 0.6) is 0 Å². The Hall–Kier alpha value is -2.27. The molecular weight excluding hydrogens is 364 g/mol. The van der Waals surface area contributed by atoms with Gasteiger partial charge in [0.25, 0.3) is 5.91 Å². The lowest BCUT2D eigenvalue weighted by Gasteiger charge is -2.31. The van der Waals surface area contributed by atoms with E-state index in [0.717, 1.165) is 29.7 Å². The average Bonchev–Trinajstić information content (AvgIpc) is 3.23. The molecule has 6 heteroatoms. The molecule has 1 N–H and O–H groups in total. The molecule has 2 amide bonds. The van der Waals surface area contributed by atoms with E-state index in [9.17, 15) is 9.59 Å². The summed E-state index contributed by atoms with van der Waals surface area (Å²) in [4.78, 5) is 26.9. The van der Waals surface area contributed by atoms with Gasteiger partial charge in [0.2, 0.25) is 5.91 Å². The molecule has 0 bridgehead atoms. The summed E-state index contributed by atoms with van der Waals surface area (Å²) >= 11 is 6.33. The fourth-order valence-corrected chi connectivity index (χ4v) is 3.88. The van der Waals surface area contributed by atoms with Crippen molar-refractivity contribution in [2.45, 2.75) is 39.5 Å². The standard InChI is InChI=1S/C21H25ClN2O3/c1-3-14-7-8-17(22)16(4-2)19(14)23-20(25)15-9-11-24(12-10-15)21(26)18-6-5-13-27-18/h5-8,13,15H,3-4,9-12H2,1-2H3,(H,23,25). The van der Waals surface area contributed by atoms with E-state index in [1.807, 2.05) is 19.1 Å². The highest BCUT2D eigenvalue weighted by Gasteiger charge is 2.29. The number of halogens is 1. The number of furan rings is 1. The summed E-state index contributed by atoms with van der Waals surface area (Å²) in [5.41, 5.74) is 2.93. The molecule has 144 valence electrons. The molecular formula is C21H25ClN2O3. The third kappa shape index (κ3) is 4.19. The molecule has 3 rings (SSSR count). The van der Waals surface area contributed by atoms with Crippen LogP contribution in [0.15, 0.2) is 34.9 Å². The molecule has 0 spiro atoms. The second-order valence-corrected chi connectivity index (χ2v) is 7.21. The van der Waals surface area contributed by atoms with E-state index in [2.05, 4.69) is 12.2 Å². The highest BCUT2D eigenvalue weighted by Crippen LogP contribution is 2.31. The molecule has 0 unspecified atom stereocenters. The van der Waals surface area contributed by atoms with Crippen LogP contribution in [0.1, 0.15) is 48.4 Å². The largest absolute Gasteiger partial charge is 0.459 e. The van der Waals surface area contributed by atoms with Gasteiger partial charge in [-0.15, -0.1) is 0 Å².